The predicted octanol–water partition coefficient (Wildman–Crippen LogP) is 1.21. The lowest BCUT2D eigenvalue weighted by Crippen LogP contribution is -2.71. The molecule has 11 nitrogen and oxygen atoms in total. The molecule has 2 aliphatic heterocycles. The highest BCUT2D eigenvalue weighted by Crippen LogP contribution is 2.40. The Labute approximate surface area is 254 Å². The Morgan fingerprint density at radius 1 is 1.38 bits per heavy atom. The van der Waals surface area contributed by atoms with E-state index in [1.165, 1.54) is 35.0 Å². The van der Waals surface area contributed by atoms with Crippen LogP contribution in [0, 0.1) is 0 Å². The van der Waals surface area contributed by atoms with E-state index in [1.807, 2.05) is 12.3 Å². The Morgan fingerprint density at radius 2 is 2.10 bits per heavy atom. The summed E-state index contributed by atoms with van der Waals surface area (Å²) in [6.45, 7) is 7.30. The van der Waals surface area contributed by atoms with Crippen molar-refractivity contribution in [3.05, 3.63) is 51.9 Å². The largest absolute Gasteiger partial charge is 0.543 e. The Morgan fingerprint density at radius 3 is 2.73 bits per heavy atom. The molecule has 40 heavy (non-hydrogen) atoms. The molecule has 5 rings (SSSR count). The number of aryl methyl sites for hydroxylation is 1. The summed E-state index contributed by atoms with van der Waals surface area (Å²) in [6, 6.07) is 3.12. The number of nitrogens with zero attached hydrogens (tertiary/aromatic N) is 4. The van der Waals surface area contributed by atoms with Gasteiger partial charge in [-0.15, -0.1) is 44.9 Å². The Kier molecular flexibility index (Phi) is 9.57. The van der Waals surface area contributed by atoms with Crippen LogP contribution in [0.2, 0.25) is 19.6 Å². The van der Waals surface area contributed by atoms with Crippen molar-refractivity contribution in [2.24, 2.45) is 5.16 Å². The average molecular weight is 715 g/mol. The number of thiazole rings is 1. The standard InChI is InChI=1S/C22H22N6O5S2.C3H9ISi/c1-33-26-15(13-10-35-22(23)24-13)18(29)25-16-19(30)28-17(21(31)32)12(9-34-20(16)28)8-27-7-3-5-11-4-2-6-14(11)27;1-5(2,3)4/h3,5,7,10,16,20H,2,4,6,8-9H2,1H3,(H3-,23,24,25,29,31,32);1-3H3/b26-15+;/t16-,20-;/m1./s1. The maximum atomic E-state index is 13.0. The second-order valence-electron chi connectivity index (χ2n) is 10.3. The number of amides is 2. The number of nitrogens with one attached hydrogen (secondary N) is 1. The summed E-state index contributed by atoms with van der Waals surface area (Å²) in [5, 5.41) is 19.7. The van der Waals surface area contributed by atoms with Crippen molar-refractivity contribution in [2.75, 3.05) is 18.6 Å². The zero-order chi connectivity index (χ0) is 29.2. The predicted molar refractivity (Wildman–Crippen MR) is 163 cm³/mol. The number of aliphatic carboxylic acids is 1. The van der Waals surface area contributed by atoms with Gasteiger partial charge in [0.1, 0.15) is 29.8 Å². The number of hydrogen-bond donors (Lipinski definition) is 2. The number of carbonyl (C=O) groups is 3. The maximum Gasteiger partial charge on any atom is 0.276 e. The van der Waals surface area contributed by atoms with Crippen molar-refractivity contribution in [1.82, 2.24) is 15.2 Å². The van der Waals surface area contributed by atoms with Crippen LogP contribution < -0.4 is 20.7 Å². The molecule has 0 saturated carbocycles. The highest BCUT2D eigenvalue weighted by Gasteiger charge is 2.53. The lowest BCUT2D eigenvalue weighted by molar-refractivity contribution is -0.696. The molecule has 0 aromatic carbocycles. The van der Waals surface area contributed by atoms with Crippen molar-refractivity contribution < 1.29 is 28.9 Å². The third-order valence-corrected chi connectivity index (χ3v) is 8.20. The number of aromatic nitrogens is 2. The van der Waals surface area contributed by atoms with Gasteiger partial charge in [-0.2, -0.15) is 4.57 Å². The summed E-state index contributed by atoms with van der Waals surface area (Å²) in [6.07, 6.45) is 4.94. The fourth-order valence-electron chi connectivity index (χ4n) is 4.66. The fourth-order valence-corrected chi connectivity index (χ4v) is 6.54. The second kappa shape index (κ2) is 12.6. The second-order valence-corrected chi connectivity index (χ2v) is 26.2. The molecule has 2 aromatic heterocycles. The SMILES string of the molecule is CO/N=C(/C(=O)N[C@@H]1C(=O)N2C(C(=O)[O-])=C(C[n+]3cccc4c3CCC4)CS[C@H]12)c1csc(N)n1.C[Si](C)(C)I. The van der Waals surface area contributed by atoms with Crippen LogP contribution in [-0.4, -0.2) is 63.2 Å². The molecule has 2 aromatic rings. The highest BCUT2D eigenvalue weighted by atomic mass is 127. The van der Waals surface area contributed by atoms with Crippen LogP contribution in [0.25, 0.3) is 0 Å². The van der Waals surface area contributed by atoms with Crippen molar-refractivity contribution in [1.29, 1.82) is 0 Å². The summed E-state index contributed by atoms with van der Waals surface area (Å²) < 4.78 is 2.05. The minimum Gasteiger partial charge on any atom is -0.543 e. The first-order valence-corrected chi connectivity index (χ1v) is 21.1. The van der Waals surface area contributed by atoms with Gasteiger partial charge in [-0.25, -0.2) is 4.98 Å². The number of thioether (sulfide) groups is 1. The van der Waals surface area contributed by atoms with E-state index in [1.54, 1.807) is 5.38 Å². The van der Waals surface area contributed by atoms with Gasteiger partial charge >= 0.3 is 0 Å². The summed E-state index contributed by atoms with van der Waals surface area (Å²) in [4.78, 5) is 48.0. The number of carboxylic acid groups (broad SMARTS) is 1. The number of pyridine rings is 1. The van der Waals surface area contributed by atoms with Crippen LogP contribution in [0.3, 0.4) is 0 Å². The number of rotatable bonds is 7. The number of oxime groups is 1. The average Bonchev–Trinajstić information content (AvgIpc) is 3.53. The molecule has 2 amide bonds. The third-order valence-electron chi connectivity index (χ3n) is 6.19. The smallest absolute Gasteiger partial charge is 0.276 e. The summed E-state index contributed by atoms with van der Waals surface area (Å²) in [7, 11) is 1.29. The molecule has 1 fully saturated rings. The summed E-state index contributed by atoms with van der Waals surface area (Å²) >= 11 is 5.05. The Balaban J connectivity index is 0.000000681. The van der Waals surface area contributed by atoms with Crippen molar-refractivity contribution >= 4 is 79.1 Å². The van der Waals surface area contributed by atoms with Crippen molar-refractivity contribution in [2.45, 2.75) is 56.9 Å². The van der Waals surface area contributed by atoms with Gasteiger partial charge < -0.3 is 25.8 Å². The molecular weight excluding hydrogens is 683 g/mol. The third kappa shape index (κ3) is 6.86. The lowest BCUT2D eigenvalue weighted by Gasteiger charge is -2.50. The van der Waals surface area contributed by atoms with Gasteiger partial charge in [-0.1, -0.05) is 24.8 Å². The first-order valence-electron chi connectivity index (χ1n) is 12.6. The van der Waals surface area contributed by atoms with E-state index >= 15 is 0 Å². The number of nitrogen functional groups attached to an aromatic ring is 1. The molecule has 15 heteroatoms. The molecule has 0 spiro atoms. The van der Waals surface area contributed by atoms with E-state index in [0.29, 0.717) is 17.9 Å². The van der Waals surface area contributed by atoms with Crippen LogP contribution in [0.5, 0.6) is 0 Å². The molecule has 0 radical (unpaired) electrons. The van der Waals surface area contributed by atoms with Crippen LogP contribution in [0.1, 0.15) is 23.4 Å². The molecule has 1 aliphatic carbocycles. The first-order chi connectivity index (χ1) is 18.9. The zero-order valence-corrected chi connectivity index (χ0v) is 27.4. The zero-order valence-electron chi connectivity index (χ0n) is 22.6. The number of carbonyl (C=O) groups excluding carboxylic acids is 3. The molecule has 0 bridgehead atoms. The topological polar surface area (TPSA) is 154 Å². The molecule has 0 unspecified atom stereocenters. The molecule has 3 aliphatic rings. The fraction of sp³-hybridized carbons (Fsp3) is 0.440. The molecule has 3 N–H and O–H groups in total. The quantitative estimate of drug-likeness (QED) is 0.0826. The Bertz CT molecular complexity index is 1390. The first kappa shape index (κ1) is 30.5. The van der Waals surface area contributed by atoms with E-state index < -0.39 is 34.8 Å². The molecule has 1 saturated heterocycles. The maximum absolute atomic E-state index is 13.0. The number of hydrogen-bond acceptors (Lipinski definition) is 10. The minimum absolute atomic E-state index is 0.120. The molecule has 2 atom stereocenters. The van der Waals surface area contributed by atoms with E-state index in [0.717, 1.165) is 30.6 Å². The van der Waals surface area contributed by atoms with Crippen LogP contribution in [0.15, 0.2) is 40.1 Å². The highest BCUT2D eigenvalue weighted by molar-refractivity contribution is 14.1. The van der Waals surface area contributed by atoms with Gasteiger partial charge in [0.2, 0.25) is 0 Å². The molecule has 4 heterocycles. The van der Waals surface area contributed by atoms with Crippen LogP contribution in [-0.2, 0) is 38.6 Å². The van der Waals surface area contributed by atoms with Crippen molar-refractivity contribution in [3.63, 3.8) is 0 Å². The number of β-lactam (4-membered cyclic amide) rings is 1. The Hall–Kier alpha value is -2.50. The van der Waals surface area contributed by atoms with E-state index in [9.17, 15) is 19.5 Å². The summed E-state index contributed by atoms with van der Waals surface area (Å²) in [5.74, 6) is -2.21. The molecule has 214 valence electrons. The molecular formula is C25H31IN6O5S2Si. The summed E-state index contributed by atoms with van der Waals surface area (Å²) in [5.41, 5.74) is 8.05. The van der Waals surface area contributed by atoms with E-state index in [4.69, 9.17) is 10.6 Å². The van der Waals surface area contributed by atoms with Gasteiger partial charge in [-0.05, 0) is 18.9 Å². The number of anilines is 1. The van der Waals surface area contributed by atoms with Gasteiger partial charge in [0.15, 0.2) is 29.3 Å². The number of nitrogens with two attached hydrogens (primary N) is 1. The van der Waals surface area contributed by atoms with E-state index in [-0.39, 0.29) is 22.2 Å². The van der Waals surface area contributed by atoms with Crippen LogP contribution in [0.4, 0.5) is 5.13 Å². The van der Waals surface area contributed by atoms with E-state index in [2.05, 4.69) is 67.5 Å². The van der Waals surface area contributed by atoms with Gasteiger partial charge in [-0.3, -0.25) is 14.5 Å². The van der Waals surface area contributed by atoms with Gasteiger partial charge in [0.05, 0.1) is 11.7 Å². The van der Waals surface area contributed by atoms with Crippen molar-refractivity contribution in [3.8, 4) is 0 Å². The lowest BCUT2D eigenvalue weighted by atomic mass is 10.0. The van der Waals surface area contributed by atoms with Gasteiger partial charge in [0, 0.05) is 34.8 Å². The minimum atomic E-state index is -1.41. The monoisotopic (exact) mass is 714 g/mol. The number of carboxylic acids is 1. The van der Waals surface area contributed by atoms with Crippen LogP contribution >= 0.6 is 44.9 Å². The normalized spacial score (nSPS) is 20.2. The number of halogens is 1. The number of fused-ring (bicyclic) bond motifs is 2. The van der Waals surface area contributed by atoms with Gasteiger partial charge in [0.25, 0.3) is 11.8 Å².